The summed E-state index contributed by atoms with van der Waals surface area (Å²) in [4.78, 5) is 0. The van der Waals surface area contributed by atoms with E-state index in [9.17, 15) is 9.50 Å². The first-order chi connectivity index (χ1) is 10.0. The Labute approximate surface area is 123 Å². The molecular weight excluding hydrogens is 271 g/mol. The summed E-state index contributed by atoms with van der Waals surface area (Å²) in [5, 5.41) is 18.6. The molecule has 0 amide bonds. The fraction of sp³-hybridized carbons (Fsp3) is 0.294. The summed E-state index contributed by atoms with van der Waals surface area (Å²) in [6, 6.07) is 10.2. The number of aliphatic hydroxyl groups is 2. The Bertz CT molecular complexity index is 606. The zero-order chi connectivity index (χ0) is 15.4. The number of hydrogen-bond donors (Lipinski definition) is 2. The van der Waals surface area contributed by atoms with Gasteiger partial charge in [-0.15, -0.1) is 0 Å². The number of ether oxygens (including phenoxy) is 1. The zero-order valence-corrected chi connectivity index (χ0v) is 12.1. The van der Waals surface area contributed by atoms with E-state index in [1.54, 1.807) is 32.0 Å². The van der Waals surface area contributed by atoms with Crippen LogP contribution in [0, 0.1) is 12.7 Å². The molecule has 0 saturated heterocycles. The van der Waals surface area contributed by atoms with Gasteiger partial charge in [0.15, 0.2) is 0 Å². The predicted octanol–water partition coefficient (Wildman–Crippen LogP) is 3.51. The molecule has 2 N–H and O–H groups in total. The van der Waals surface area contributed by atoms with Gasteiger partial charge in [-0.3, -0.25) is 0 Å². The van der Waals surface area contributed by atoms with Gasteiger partial charge in [-0.2, -0.15) is 0 Å². The SMILES string of the molecule is Cc1cc(Oc2ccc(CCO)cc2)c([C@H](C)O)cc1F. The van der Waals surface area contributed by atoms with Gasteiger partial charge in [0.2, 0.25) is 0 Å². The summed E-state index contributed by atoms with van der Waals surface area (Å²) < 4.78 is 19.4. The van der Waals surface area contributed by atoms with Gasteiger partial charge in [-0.25, -0.2) is 4.39 Å². The van der Waals surface area contributed by atoms with E-state index in [2.05, 4.69) is 0 Å². The van der Waals surface area contributed by atoms with Crippen molar-refractivity contribution in [3.05, 3.63) is 58.9 Å². The minimum absolute atomic E-state index is 0.101. The van der Waals surface area contributed by atoms with Crippen molar-refractivity contribution in [3.63, 3.8) is 0 Å². The molecule has 0 aliphatic heterocycles. The Balaban J connectivity index is 2.28. The summed E-state index contributed by atoms with van der Waals surface area (Å²) in [5.41, 5.74) is 1.89. The molecule has 21 heavy (non-hydrogen) atoms. The highest BCUT2D eigenvalue weighted by atomic mass is 19.1. The van der Waals surface area contributed by atoms with E-state index in [0.717, 1.165) is 5.56 Å². The van der Waals surface area contributed by atoms with Gasteiger partial charge >= 0.3 is 0 Å². The maximum absolute atomic E-state index is 13.6. The second-order valence-electron chi connectivity index (χ2n) is 5.03. The molecule has 112 valence electrons. The lowest BCUT2D eigenvalue weighted by Gasteiger charge is -2.15. The van der Waals surface area contributed by atoms with Crippen molar-refractivity contribution in [2.75, 3.05) is 6.61 Å². The third kappa shape index (κ3) is 3.80. The average Bonchev–Trinajstić information content (AvgIpc) is 2.44. The molecule has 1 atom stereocenters. The standard InChI is InChI=1S/C17H19FO3/c1-11-9-17(15(12(2)20)10-16(11)18)21-14-5-3-13(4-6-14)7-8-19/h3-6,9-10,12,19-20H,7-8H2,1-2H3/t12-/m0/s1. The highest BCUT2D eigenvalue weighted by Crippen LogP contribution is 2.32. The minimum Gasteiger partial charge on any atom is -0.457 e. The van der Waals surface area contributed by atoms with Gasteiger partial charge in [-0.05, 0) is 55.7 Å². The van der Waals surface area contributed by atoms with Crippen molar-refractivity contribution in [1.82, 2.24) is 0 Å². The number of halogens is 1. The van der Waals surface area contributed by atoms with E-state index in [1.165, 1.54) is 6.07 Å². The van der Waals surface area contributed by atoms with Crippen LogP contribution in [0.4, 0.5) is 4.39 Å². The molecule has 0 bridgehead atoms. The number of rotatable bonds is 5. The first kappa shape index (κ1) is 15.5. The molecule has 0 aliphatic carbocycles. The van der Waals surface area contributed by atoms with Crippen LogP contribution in [0.3, 0.4) is 0 Å². The van der Waals surface area contributed by atoms with E-state index in [1.807, 2.05) is 12.1 Å². The van der Waals surface area contributed by atoms with Crippen molar-refractivity contribution in [2.45, 2.75) is 26.4 Å². The predicted molar refractivity (Wildman–Crippen MR) is 79.1 cm³/mol. The van der Waals surface area contributed by atoms with E-state index >= 15 is 0 Å². The summed E-state index contributed by atoms with van der Waals surface area (Å²) in [6.45, 7) is 3.32. The normalized spacial score (nSPS) is 12.2. The van der Waals surface area contributed by atoms with E-state index in [-0.39, 0.29) is 12.4 Å². The van der Waals surface area contributed by atoms with Crippen LogP contribution in [0.2, 0.25) is 0 Å². The fourth-order valence-electron chi connectivity index (χ4n) is 2.07. The van der Waals surface area contributed by atoms with Gasteiger partial charge in [0, 0.05) is 12.2 Å². The first-order valence-corrected chi connectivity index (χ1v) is 6.87. The quantitative estimate of drug-likeness (QED) is 0.886. The third-order valence-electron chi connectivity index (χ3n) is 3.29. The highest BCUT2D eigenvalue weighted by molar-refractivity contribution is 5.42. The van der Waals surface area contributed by atoms with Crippen molar-refractivity contribution in [2.24, 2.45) is 0 Å². The molecule has 0 saturated carbocycles. The maximum Gasteiger partial charge on any atom is 0.133 e. The fourth-order valence-corrected chi connectivity index (χ4v) is 2.07. The molecule has 2 rings (SSSR count). The lowest BCUT2D eigenvalue weighted by atomic mass is 10.1. The Morgan fingerprint density at radius 3 is 2.43 bits per heavy atom. The summed E-state index contributed by atoms with van der Waals surface area (Å²) in [7, 11) is 0. The molecule has 0 spiro atoms. The molecule has 2 aromatic rings. The van der Waals surface area contributed by atoms with Gasteiger partial charge in [-0.1, -0.05) is 12.1 Å². The van der Waals surface area contributed by atoms with Crippen molar-refractivity contribution in [1.29, 1.82) is 0 Å². The van der Waals surface area contributed by atoms with Crippen molar-refractivity contribution >= 4 is 0 Å². The molecule has 0 fully saturated rings. The Kier molecular flexibility index (Phi) is 4.94. The van der Waals surface area contributed by atoms with Crippen LogP contribution in [0.25, 0.3) is 0 Å². The molecular formula is C17H19FO3. The van der Waals surface area contributed by atoms with Crippen LogP contribution in [-0.2, 0) is 6.42 Å². The van der Waals surface area contributed by atoms with Crippen LogP contribution < -0.4 is 4.74 Å². The third-order valence-corrected chi connectivity index (χ3v) is 3.29. The maximum atomic E-state index is 13.6. The van der Waals surface area contributed by atoms with Crippen LogP contribution in [0.15, 0.2) is 36.4 Å². The second kappa shape index (κ2) is 6.70. The van der Waals surface area contributed by atoms with Gasteiger partial charge in [0.05, 0.1) is 6.10 Å². The van der Waals surface area contributed by atoms with Crippen LogP contribution >= 0.6 is 0 Å². The minimum atomic E-state index is -0.816. The molecule has 2 aromatic carbocycles. The largest absolute Gasteiger partial charge is 0.457 e. The Morgan fingerprint density at radius 1 is 1.19 bits per heavy atom. The summed E-state index contributed by atoms with van der Waals surface area (Å²) >= 11 is 0. The van der Waals surface area contributed by atoms with E-state index in [0.29, 0.717) is 29.0 Å². The lowest BCUT2D eigenvalue weighted by Crippen LogP contribution is -1.99. The average molecular weight is 290 g/mol. The topological polar surface area (TPSA) is 49.7 Å². The molecule has 0 aliphatic rings. The van der Waals surface area contributed by atoms with Crippen LogP contribution in [-0.4, -0.2) is 16.8 Å². The second-order valence-corrected chi connectivity index (χ2v) is 5.03. The summed E-state index contributed by atoms with van der Waals surface area (Å²) in [6.07, 6.45) is -0.224. The number of aliphatic hydroxyl groups excluding tert-OH is 2. The number of aryl methyl sites for hydroxylation is 1. The van der Waals surface area contributed by atoms with E-state index < -0.39 is 6.10 Å². The monoisotopic (exact) mass is 290 g/mol. The molecule has 0 heterocycles. The van der Waals surface area contributed by atoms with Crippen LogP contribution in [0.1, 0.15) is 29.7 Å². The summed E-state index contributed by atoms with van der Waals surface area (Å²) in [5.74, 6) is 0.681. The molecule has 4 heteroatoms. The van der Waals surface area contributed by atoms with Crippen molar-refractivity contribution in [3.8, 4) is 11.5 Å². The zero-order valence-electron chi connectivity index (χ0n) is 12.1. The van der Waals surface area contributed by atoms with Gasteiger partial charge in [0.1, 0.15) is 17.3 Å². The van der Waals surface area contributed by atoms with E-state index in [4.69, 9.17) is 9.84 Å². The molecule has 0 unspecified atom stereocenters. The Hall–Kier alpha value is -1.91. The van der Waals surface area contributed by atoms with Gasteiger partial charge in [0.25, 0.3) is 0 Å². The Morgan fingerprint density at radius 2 is 1.86 bits per heavy atom. The van der Waals surface area contributed by atoms with Crippen LogP contribution in [0.5, 0.6) is 11.5 Å². The highest BCUT2D eigenvalue weighted by Gasteiger charge is 2.13. The number of hydrogen-bond acceptors (Lipinski definition) is 3. The molecule has 0 aromatic heterocycles. The van der Waals surface area contributed by atoms with Gasteiger partial charge < -0.3 is 14.9 Å². The number of benzene rings is 2. The smallest absolute Gasteiger partial charge is 0.133 e. The molecule has 3 nitrogen and oxygen atoms in total. The lowest BCUT2D eigenvalue weighted by molar-refractivity contribution is 0.195. The molecule has 0 radical (unpaired) electrons. The first-order valence-electron chi connectivity index (χ1n) is 6.87. The van der Waals surface area contributed by atoms with Crippen molar-refractivity contribution < 1.29 is 19.3 Å².